The van der Waals surface area contributed by atoms with E-state index in [1.54, 1.807) is 13.3 Å². The third-order valence-electron chi connectivity index (χ3n) is 7.66. The van der Waals surface area contributed by atoms with Gasteiger partial charge in [-0.2, -0.15) is 0 Å². The smallest absolute Gasteiger partial charge is 0.231 e. The molecule has 2 aliphatic rings. The van der Waals surface area contributed by atoms with E-state index in [2.05, 4.69) is 14.8 Å². The molecule has 0 unspecified atom stereocenters. The van der Waals surface area contributed by atoms with Gasteiger partial charge in [-0.15, -0.1) is 0 Å². The quantitative estimate of drug-likeness (QED) is 0.377. The molecule has 8 nitrogen and oxygen atoms in total. The van der Waals surface area contributed by atoms with Gasteiger partial charge in [0.05, 0.1) is 18.5 Å². The second-order valence-corrected chi connectivity index (χ2v) is 10.1. The first-order chi connectivity index (χ1) is 18.0. The first kappa shape index (κ1) is 26.9. The van der Waals surface area contributed by atoms with Crippen molar-refractivity contribution < 1.29 is 14.3 Å². The molecule has 1 saturated heterocycles. The lowest BCUT2D eigenvalue weighted by atomic mass is 9.88. The highest BCUT2D eigenvalue weighted by Crippen LogP contribution is 2.37. The molecular weight excluding hydrogens is 466 g/mol. The number of carbonyl (C=O) groups excluding carboxylic acids is 2. The van der Waals surface area contributed by atoms with Crippen LogP contribution in [0.2, 0.25) is 0 Å². The van der Waals surface area contributed by atoms with Gasteiger partial charge in [0.1, 0.15) is 5.82 Å². The van der Waals surface area contributed by atoms with Gasteiger partial charge >= 0.3 is 0 Å². The van der Waals surface area contributed by atoms with Gasteiger partial charge in [-0.1, -0.05) is 32.3 Å². The summed E-state index contributed by atoms with van der Waals surface area (Å²) < 4.78 is 5.65. The van der Waals surface area contributed by atoms with E-state index in [0.717, 1.165) is 76.3 Å². The molecule has 1 aliphatic heterocycles. The third kappa shape index (κ3) is 6.42. The van der Waals surface area contributed by atoms with Gasteiger partial charge in [-0.3, -0.25) is 19.4 Å². The molecule has 2 fully saturated rings. The number of pyridine rings is 1. The number of anilines is 3. The fraction of sp³-hybridized carbons (Fsp3) is 0.552. The number of benzene rings is 1. The summed E-state index contributed by atoms with van der Waals surface area (Å²) in [4.78, 5) is 37.0. The van der Waals surface area contributed by atoms with E-state index in [1.807, 2.05) is 42.2 Å². The molecule has 0 atom stereocenters. The standard InChI is InChI=1S/C29H41N5O3/c1-3-9-25(35)23-13-14-24(28(37-2)27(23)30)33-19-16-32(17-20-33)18-21-34(26-12-7-8-15-31-26)29(36)22-10-5-4-6-11-22/h7-8,12-15,22H,3-6,9-11,16-21,30H2,1-2H3. The van der Waals surface area contributed by atoms with Crippen LogP contribution in [0.15, 0.2) is 36.5 Å². The number of rotatable bonds is 10. The van der Waals surface area contributed by atoms with E-state index in [-0.39, 0.29) is 17.6 Å². The number of carbonyl (C=O) groups is 2. The summed E-state index contributed by atoms with van der Waals surface area (Å²) in [6.45, 7) is 6.79. The average Bonchev–Trinajstić information content (AvgIpc) is 2.94. The Labute approximate surface area is 220 Å². The maximum absolute atomic E-state index is 13.4. The van der Waals surface area contributed by atoms with Crippen LogP contribution in [0, 0.1) is 5.92 Å². The van der Waals surface area contributed by atoms with Crippen LogP contribution >= 0.6 is 0 Å². The van der Waals surface area contributed by atoms with Crippen molar-refractivity contribution in [3.05, 3.63) is 42.1 Å². The number of nitrogens with zero attached hydrogens (tertiary/aromatic N) is 4. The van der Waals surface area contributed by atoms with E-state index >= 15 is 0 Å². The maximum Gasteiger partial charge on any atom is 0.231 e. The molecule has 8 heteroatoms. The number of hydrogen-bond acceptors (Lipinski definition) is 7. The summed E-state index contributed by atoms with van der Waals surface area (Å²) in [6, 6.07) is 9.56. The summed E-state index contributed by atoms with van der Waals surface area (Å²) >= 11 is 0. The number of aromatic nitrogens is 1. The molecule has 200 valence electrons. The fourth-order valence-electron chi connectivity index (χ4n) is 5.53. The van der Waals surface area contributed by atoms with Crippen LogP contribution in [0.3, 0.4) is 0 Å². The molecule has 1 aromatic carbocycles. The molecule has 2 aromatic rings. The Kier molecular flexibility index (Phi) is 9.39. The van der Waals surface area contributed by atoms with Crippen molar-refractivity contribution in [1.29, 1.82) is 0 Å². The lowest BCUT2D eigenvalue weighted by Crippen LogP contribution is -2.50. The number of amides is 1. The predicted molar refractivity (Wildman–Crippen MR) is 148 cm³/mol. The van der Waals surface area contributed by atoms with E-state index in [0.29, 0.717) is 30.0 Å². The number of nitrogen functional groups attached to an aromatic ring is 1. The molecule has 37 heavy (non-hydrogen) atoms. The van der Waals surface area contributed by atoms with Crippen LogP contribution in [0.1, 0.15) is 62.2 Å². The van der Waals surface area contributed by atoms with Crippen LogP contribution in [0.5, 0.6) is 5.75 Å². The van der Waals surface area contributed by atoms with Crippen LogP contribution in [-0.4, -0.2) is 68.0 Å². The molecule has 0 radical (unpaired) electrons. The molecule has 2 heterocycles. The predicted octanol–water partition coefficient (Wildman–Crippen LogP) is 4.39. The van der Waals surface area contributed by atoms with Crippen molar-refractivity contribution in [3.8, 4) is 5.75 Å². The number of methoxy groups -OCH3 is 1. The highest BCUT2D eigenvalue weighted by atomic mass is 16.5. The second-order valence-electron chi connectivity index (χ2n) is 10.1. The Hall–Kier alpha value is -3.13. The van der Waals surface area contributed by atoms with E-state index in [9.17, 15) is 9.59 Å². The monoisotopic (exact) mass is 507 g/mol. The summed E-state index contributed by atoms with van der Waals surface area (Å²) in [5.74, 6) is 1.70. The second kappa shape index (κ2) is 12.9. The number of hydrogen-bond donors (Lipinski definition) is 1. The van der Waals surface area contributed by atoms with Crippen LogP contribution < -0.4 is 20.3 Å². The van der Waals surface area contributed by atoms with Gasteiger partial charge in [-0.25, -0.2) is 4.98 Å². The molecule has 4 rings (SSSR count). The van der Waals surface area contributed by atoms with Crippen LogP contribution in [0.4, 0.5) is 17.2 Å². The van der Waals surface area contributed by atoms with Crippen LogP contribution in [0.25, 0.3) is 0 Å². The van der Waals surface area contributed by atoms with Crippen molar-refractivity contribution >= 4 is 28.9 Å². The van der Waals surface area contributed by atoms with E-state index in [1.165, 1.54) is 6.42 Å². The number of piperazine rings is 1. The Morgan fingerprint density at radius 2 is 1.84 bits per heavy atom. The van der Waals surface area contributed by atoms with Crippen molar-refractivity contribution in [2.45, 2.75) is 51.9 Å². The van der Waals surface area contributed by atoms with Gasteiger partial charge in [0.25, 0.3) is 0 Å². The zero-order valence-corrected chi connectivity index (χ0v) is 22.3. The SMILES string of the molecule is CCCC(=O)c1ccc(N2CCN(CCN(C(=O)C3CCCCC3)c3ccccn3)CC2)c(OC)c1N. The zero-order chi connectivity index (χ0) is 26.2. The van der Waals surface area contributed by atoms with Crippen molar-refractivity contribution in [2.75, 3.05) is 61.9 Å². The highest BCUT2D eigenvalue weighted by Gasteiger charge is 2.29. The van der Waals surface area contributed by atoms with Gasteiger partial charge in [-0.05, 0) is 43.5 Å². The normalized spacial score (nSPS) is 17.0. The van der Waals surface area contributed by atoms with Crippen LogP contribution in [-0.2, 0) is 4.79 Å². The molecular formula is C29H41N5O3. The zero-order valence-electron chi connectivity index (χ0n) is 22.3. The van der Waals surface area contributed by atoms with Crippen molar-refractivity contribution in [1.82, 2.24) is 9.88 Å². The van der Waals surface area contributed by atoms with Crippen molar-refractivity contribution in [3.63, 3.8) is 0 Å². The maximum atomic E-state index is 13.4. The summed E-state index contributed by atoms with van der Waals surface area (Å²) in [5.41, 5.74) is 8.25. The van der Waals surface area contributed by atoms with Gasteiger partial charge in [0.2, 0.25) is 5.91 Å². The average molecular weight is 508 g/mol. The number of nitrogens with two attached hydrogens (primary N) is 1. The minimum Gasteiger partial charge on any atom is -0.492 e. The fourth-order valence-corrected chi connectivity index (χ4v) is 5.53. The number of ether oxygens (including phenoxy) is 1. The minimum atomic E-state index is 0.0508. The lowest BCUT2D eigenvalue weighted by Gasteiger charge is -2.38. The molecule has 0 bridgehead atoms. The Morgan fingerprint density at radius 1 is 1.08 bits per heavy atom. The van der Waals surface area contributed by atoms with Gasteiger partial charge in [0, 0.05) is 63.4 Å². The minimum absolute atomic E-state index is 0.0508. The van der Waals surface area contributed by atoms with E-state index in [4.69, 9.17) is 10.5 Å². The molecule has 1 aliphatic carbocycles. The molecule has 0 spiro atoms. The van der Waals surface area contributed by atoms with Crippen molar-refractivity contribution in [2.24, 2.45) is 5.92 Å². The highest BCUT2D eigenvalue weighted by molar-refractivity contribution is 6.03. The van der Waals surface area contributed by atoms with E-state index < -0.39 is 0 Å². The third-order valence-corrected chi connectivity index (χ3v) is 7.66. The number of ketones is 1. The summed E-state index contributed by atoms with van der Waals surface area (Å²) in [6.07, 6.45) is 8.48. The molecule has 2 N–H and O–H groups in total. The summed E-state index contributed by atoms with van der Waals surface area (Å²) in [7, 11) is 1.61. The Balaban J connectivity index is 1.39. The first-order valence-electron chi connectivity index (χ1n) is 13.7. The first-order valence-corrected chi connectivity index (χ1v) is 13.7. The Bertz CT molecular complexity index is 1050. The molecule has 1 saturated carbocycles. The van der Waals surface area contributed by atoms with Gasteiger partial charge < -0.3 is 15.4 Å². The molecule has 1 aromatic heterocycles. The van der Waals surface area contributed by atoms with Gasteiger partial charge in [0.15, 0.2) is 11.5 Å². The molecule has 1 amide bonds. The topological polar surface area (TPSA) is 92.0 Å². The summed E-state index contributed by atoms with van der Waals surface area (Å²) in [5, 5.41) is 0. The largest absolute Gasteiger partial charge is 0.492 e. The number of Topliss-reactive ketones (excluding diaryl/α,β-unsaturated/α-hetero) is 1. The Morgan fingerprint density at radius 3 is 2.49 bits per heavy atom. The lowest BCUT2D eigenvalue weighted by molar-refractivity contribution is -0.123.